The Balaban J connectivity index is 4.38. The van der Waals surface area contributed by atoms with Crippen LogP contribution in [-0.4, -0.2) is 37.3 Å². The molecule has 0 heterocycles. The van der Waals surface area contributed by atoms with E-state index >= 15 is 0 Å². The van der Waals surface area contributed by atoms with Crippen LogP contribution in [0.2, 0.25) is 19.6 Å². The van der Waals surface area contributed by atoms with Crippen molar-refractivity contribution >= 4 is 16.1 Å². The Labute approximate surface area is 93.1 Å². The maximum absolute atomic E-state index is 2.70. The number of rotatable bonds is 5. The fourth-order valence-electron chi connectivity index (χ4n) is 2.15. The van der Waals surface area contributed by atoms with E-state index in [2.05, 4.69) is 58.7 Å². The van der Waals surface area contributed by atoms with Gasteiger partial charge >= 0.3 is 0 Å². The lowest BCUT2D eigenvalue weighted by Gasteiger charge is -2.38. The molecule has 0 N–H and O–H groups in total. The van der Waals surface area contributed by atoms with Crippen molar-refractivity contribution in [3.63, 3.8) is 0 Å². The zero-order valence-corrected chi connectivity index (χ0v) is 13.2. The molecule has 0 aromatic heterocycles. The molecule has 0 aliphatic rings. The van der Waals surface area contributed by atoms with Gasteiger partial charge in [-0.2, -0.15) is 0 Å². The number of hydrogen-bond donors (Lipinski definition) is 0. The highest BCUT2D eigenvalue weighted by Crippen LogP contribution is 2.41. The SMILES string of the molecule is CC(C)N(C(C)C)P(C)C[Si](C)(C)C. The molecule has 1 atom stereocenters. The van der Waals surface area contributed by atoms with Gasteiger partial charge in [0.15, 0.2) is 0 Å². The molecule has 0 aliphatic carbocycles. The van der Waals surface area contributed by atoms with E-state index in [4.69, 9.17) is 0 Å². The molecule has 0 saturated carbocycles. The summed E-state index contributed by atoms with van der Waals surface area (Å²) in [6.45, 7) is 19.2. The predicted molar refractivity (Wildman–Crippen MR) is 73.2 cm³/mol. The van der Waals surface area contributed by atoms with E-state index in [1.165, 1.54) is 5.79 Å². The Morgan fingerprint density at radius 3 is 1.57 bits per heavy atom. The van der Waals surface area contributed by atoms with Gasteiger partial charge in [-0.3, -0.25) is 4.67 Å². The molecule has 0 amide bonds. The van der Waals surface area contributed by atoms with Gasteiger partial charge in [0.05, 0.1) is 8.07 Å². The van der Waals surface area contributed by atoms with Crippen LogP contribution in [0.3, 0.4) is 0 Å². The molecule has 1 unspecified atom stereocenters. The smallest absolute Gasteiger partial charge is 0.0500 e. The fourth-order valence-corrected chi connectivity index (χ4v) is 9.87. The zero-order chi connectivity index (χ0) is 11.5. The summed E-state index contributed by atoms with van der Waals surface area (Å²) >= 11 is 0. The van der Waals surface area contributed by atoms with Crippen molar-refractivity contribution < 1.29 is 0 Å². The lowest BCUT2D eigenvalue weighted by molar-refractivity contribution is 0.324. The van der Waals surface area contributed by atoms with Gasteiger partial charge in [0.1, 0.15) is 0 Å². The van der Waals surface area contributed by atoms with Gasteiger partial charge in [0.25, 0.3) is 0 Å². The summed E-state index contributed by atoms with van der Waals surface area (Å²) in [5, 5.41) is 0. The number of nitrogens with zero attached hydrogens (tertiary/aromatic N) is 1. The molecule has 0 radical (unpaired) electrons. The van der Waals surface area contributed by atoms with E-state index in [-0.39, 0.29) is 8.07 Å². The monoisotopic (exact) mass is 233 g/mol. The largest absolute Gasteiger partial charge is 0.277 e. The van der Waals surface area contributed by atoms with Gasteiger partial charge in [-0.15, -0.1) is 0 Å². The topological polar surface area (TPSA) is 3.24 Å². The molecule has 0 saturated heterocycles. The average Bonchev–Trinajstić information content (AvgIpc) is 1.78. The molecule has 14 heavy (non-hydrogen) atoms. The van der Waals surface area contributed by atoms with E-state index in [9.17, 15) is 0 Å². The minimum atomic E-state index is -0.888. The third kappa shape index (κ3) is 5.48. The van der Waals surface area contributed by atoms with Crippen LogP contribution in [0.5, 0.6) is 0 Å². The second-order valence-electron chi connectivity index (χ2n) is 5.94. The summed E-state index contributed by atoms with van der Waals surface area (Å²) < 4.78 is 2.70. The quantitative estimate of drug-likeness (QED) is 0.512. The van der Waals surface area contributed by atoms with Gasteiger partial charge in [-0.1, -0.05) is 19.6 Å². The lowest BCUT2D eigenvalue weighted by atomic mass is 10.3. The van der Waals surface area contributed by atoms with Crippen molar-refractivity contribution in [3.8, 4) is 0 Å². The molecule has 0 fully saturated rings. The van der Waals surface area contributed by atoms with Gasteiger partial charge in [0.2, 0.25) is 0 Å². The van der Waals surface area contributed by atoms with Crippen molar-refractivity contribution in [1.82, 2.24) is 4.67 Å². The molecule has 1 nitrogen and oxygen atoms in total. The zero-order valence-electron chi connectivity index (χ0n) is 11.3. The van der Waals surface area contributed by atoms with Gasteiger partial charge in [0, 0.05) is 12.1 Å². The second-order valence-corrected chi connectivity index (χ2v) is 14.1. The Bertz CT molecular complexity index is 155. The summed E-state index contributed by atoms with van der Waals surface area (Å²) in [4.78, 5) is 0. The van der Waals surface area contributed by atoms with E-state index in [1.54, 1.807) is 0 Å². The molecule has 86 valence electrons. The summed E-state index contributed by atoms with van der Waals surface area (Å²) in [6, 6.07) is 1.39. The molecular formula is C11H28NPSi. The van der Waals surface area contributed by atoms with E-state index < -0.39 is 8.07 Å². The van der Waals surface area contributed by atoms with Crippen LogP contribution >= 0.6 is 8.07 Å². The maximum atomic E-state index is 2.70. The standard InChI is InChI=1S/C11H28NPSi/c1-10(2)12(11(3)4)13(5)9-14(6,7)8/h10-11H,9H2,1-8H3. The lowest BCUT2D eigenvalue weighted by Crippen LogP contribution is -2.37. The van der Waals surface area contributed by atoms with Crippen LogP contribution in [0, 0.1) is 0 Å². The highest BCUT2D eigenvalue weighted by molar-refractivity contribution is 7.57. The highest BCUT2D eigenvalue weighted by atomic mass is 31.1. The van der Waals surface area contributed by atoms with Crippen LogP contribution in [0.15, 0.2) is 0 Å². The first kappa shape index (κ1) is 14.6. The summed E-state index contributed by atoms with van der Waals surface area (Å²) in [7, 11) is -0.804. The summed E-state index contributed by atoms with van der Waals surface area (Å²) in [5.41, 5.74) is 0. The third-order valence-electron chi connectivity index (χ3n) is 2.16. The minimum absolute atomic E-state index is 0.0841. The molecule has 0 aromatic carbocycles. The normalized spacial score (nSPS) is 15.6. The third-order valence-corrected chi connectivity index (χ3v) is 9.49. The molecule has 3 heteroatoms. The predicted octanol–water partition coefficient (Wildman–Crippen LogP) is 4.01. The molecule has 0 spiro atoms. The van der Waals surface area contributed by atoms with Crippen molar-refractivity contribution in [2.75, 3.05) is 12.5 Å². The first-order chi connectivity index (χ1) is 6.15. The second kappa shape index (κ2) is 5.63. The minimum Gasteiger partial charge on any atom is -0.277 e. The van der Waals surface area contributed by atoms with Crippen LogP contribution in [0.4, 0.5) is 0 Å². The Morgan fingerprint density at radius 1 is 1.00 bits per heavy atom. The van der Waals surface area contributed by atoms with E-state index in [0.717, 1.165) is 0 Å². The molecule has 0 aromatic rings. The van der Waals surface area contributed by atoms with Crippen LogP contribution < -0.4 is 0 Å². The van der Waals surface area contributed by atoms with E-state index in [0.29, 0.717) is 12.1 Å². The highest BCUT2D eigenvalue weighted by Gasteiger charge is 2.25. The van der Waals surface area contributed by atoms with Crippen molar-refractivity contribution in [1.29, 1.82) is 0 Å². The van der Waals surface area contributed by atoms with Gasteiger partial charge < -0.3 is 0 Å². The Hall–Kier alpha value is 0.607. The first-order valence-corrected chi connectivity index (χ1v) is 11.3. The molecular weight excluding hydrogens is 205 g/mol. The van der Waals surface area contributed by atoms with Crippen molar-refractivity contribution in [3.05, 3.63) is 0 Å². The first-order valence-electron chi connectivity index (χ1n) is 5.64. The molecule has 0 bridgehead atoms. The average molecular weight is 233 g/mol. The van der Waals surface area contributed by atoms with Gasteiger partial charge in [-0.25, -0.2) is 0 Å². The van der Waals surface area contributed by atoms with Crippen LogP contribution in [0.1, 0.15) is 27.7 Å². The molecule has 0 rings (SSSR count). The Morgan fingerprint density at radius 2 is 1.36 bits per heavy atom. The molecule has 0 aliphatic heterocycles. The summed E-state index contributed by atoms with van der Waals surface area (Å²) in [5.74, 6) is 1.47. The summed E-state index contributed by atoms with van der Waals surface area (Å²) in [6.07, 6.45) is 0. The Kier molecular flexibility index (Phi) is 5.87. The maximum Gasteiger partial charge on any atom is 0.0500 e. The van der Waals surface area contributed by atoms with Crippen molar-refractivity contribution in [2.24, 2.45) is 0 Å². The van der Waals surface area contributed by atoms with E-state index in [1.807, 2.05) is 0 Å². The number of hydrogen-bond acceptors (Lipinski definition) is 1. The van der Waals surface area contributed by atoms with Crippen LogP contribution in [-0.2, 0) is 0 Å². The van der Waals surface area contributed by atoms with Gasteiger partial charge in [-0.05, 0) is 48.2 Å². The van der Waals surface area contributed by atoms with Crippen molar-refractivity contribution in [2.45, 2.75) is 59.4 Å². The van der Waals surface area contributed by atoms with Crippen LogP contribution in [0.25, 0.3) is 0 Å². The fraction of sp³-hybridized carbons (Fsp3) is 1.00.